The summed E-state index contributed by atoms with van der Waals surface area (Å²) in [7, 11) is 0. The molecule has 1 aliphatic carbocycles. The van der Waals surface area contributed by atoms with E-state index >= 15 is 0 Å². The normalized spacial score (nSPS) is 23.4. The minimum Gasteiger partial charge on any atom is -0.356 e. The van der Waals surface area contributed by atoms with E-state index in [0.29, 0.717) is 6.04 Å². The molecule has 2 aliphatic heterocycles. The Bertz CT molecular complexity index is 615. The maximum Gasteiger partial charge on any atom is 0.224 e. The van der Waals surface area contributed by atoms with Gasteiger partial charge in [0.15, 0.2) is 0 Å². The average molecular weight is 390 g/mol. The standard InChI is InChI=1S/C21H35N5S/c1-27-15-14-25-13-7-8-17(25)16-22-21-23-19-10-6-9-18(19)20(24-21)26-11-4-2-3-5-12-26/h17H,2-16H2,1H3,(H,22,23,24). The highest BCUT2D eigenvalue weighted by Gasteiger charge is 2.26. The number of hydrogen-bond donors (Lipinski definition) is 1. The second-order valence-electron chi connectivity index (χ2n) is 8.26. The van der Waals surface area contributed by atoms with Gasteiger partial charge in [-0.2, -0.15) is 16.7 Å². The number of anilines is 2. The van der Waals surface area contributed by atoms with E-state index in [9.17, 15) is 0 Å². The van der Waals surface area contributed by atoms with Crippen molar-refractivity contribution in [3.63, 3.8) is 0 Å². The Balaban J connectivity index is 1.46. The van der Waals surface area contributed by atoms with Crippen molar-refractivity contribution in [3.05, 3.63) is 11.3 Å². The minimum atomic E-state index is 0.635. The lowest BCUT2D eigenvalue weighted by Crippen LogP contribution is -2.36. The van der Waals surface area contributed by atoms with Crippen LogP contribution in [0.15, 0.2) is 0 Å². The van der Waals surface area contributed by atoms with Crippen molar-refractivity contribution in [2.45, 2.75) is 63.8 Å². The molecule has 0 radical (unpaired) electrons. The predicted octanol–water partition coefficient (Wildman–Crippen LogP) is 3.59. The van der Waals surface area contributed by atoms with Gasteiger partial charge in [0.1, 0.15) is 5.82 Å². The van der Waals surface area contributed by atoms with E-state index in [-0.39, 0.29) is 0 Å². The Labute approximate surface area is 168 Å². The second kappa shape index (κ2) is 9.46. The van der Waals surface area contributed by atoms with Crippen LogP contribution in [0, 0.1) is 0 Å². The molecule has 2 fully saturated rings. The van der Waals surface area contributed by atoms with Crippen molar-refractivity contribution in [2.24, 2.45) is 0 Å². The molecular formula is C21H35N5S. The zero-order chi connectivity index (χ0) is 18.5. The van der Waals surface area contributed by atoms with E-state index in [0.717, 1.165) is 38.4 Å². The molecule has 3 aliphatic rings. The molecule has 3 heterocycles. The average Bonchev–Trinajstić information content (AvgIpc) is 3.26. The lowest BCUT2D eigenvalue weighted by atomic mass is 10.2. The monoisotopic (exact) mass is 389 g/mol. The van der Waals surface area contributed by atoms with Gasteiger partial charge in [0.25, 0.3) is 0 Å². The van der Waals surface area contributed by atoms with Crippen LogP contribution < -0.4 is 10.2 Å². The molecule has 0 amide bonds. The van der Waals surface area contributed by atoms with E-state index < -0.39 is 0 Å². The fraction of sp³-hybridized carbons (Fsp3) is 0.810. The zero-order valence-corrected chi connectivity index (χ0v) is 17.7. The number of thioether (sulfide) groups is 1. The molecule has 0 aromatic carbocycles. The summed E-state index contributed by atoms with van der Waals surface area (Å²) in [6, 6.07) is 0.635. The fourth-order valence-corrected chi connectivity index (χ4v) is 5.29. The van der Waals surface area contributed by atoms with Gasteiger partial charge < -0.3 is 10.2 Å². The highest BCUT2D eigenvalue weighted by atomic mass is 32.2. The van der Waals surface area contributed by atoms with Gasteiger partial charge in [-0.3, -0.25) is 4.90 Å². The minimum absolute atomic E-state index is 0.635. The van der Waals surface area contributed by atoms with Crippen LogP contribution in [0.3, 0.4) is 0 Å². The molecule has 6 heteroatoms. The molecule has 0 saturated carbocycles. The van der Waals surface area contributed by atoms with Crippen molar-refractivity contribution < 1.29 is 0 Å². The smallest absolute Gasteiger partial charge is 0.224 e. The molecule has 27 heavy (non-hydrogen) atoms. The molecule has 1 aromatic rings. The number of aryl methyl sites for hydroxylation is 1. The van der Waals surface area contributed by atoms with Crippen LogP contribution in [0.1, 0.15) is 56.2 Å². The highest BCUT2D eigenvalue weighted by molar-refractivity contribution is 7.98. The molecule has 5 nitrogen and oxygen atoms in total. The molecule has 1 atom stereocenters. The zero-order valence-electron chi connectivity index (χ0n) is 16.9. The number of nitrogens with zero attached hydrogens (tertiary/aromatic N) is 4. The van der Waals surface area contributed by atoms with Crippen LogP contribution in [0.25, 0.3) is 0 Å². The number of likely N-dealkylation sites (tertiary alicyclic amines) is 1. The van der Waals surface area contributed by atoms with E-state index in [1.807, 2.05) is 11.8 Å². The maximum atomic E-state index is 5.04. The summed E-state index contributed by atoms with van der Waals surface area (Å²) in [5, 5.41) is 3.62. The molecular weight excluding hydrogens is 354 g/mol. The summed E-state index contributed by atoms with van der Waals surface area (Å²) in [6.45, 7) is 5.75. The first-order chi connectivity index (χ1) is 13.3. The van der Waals surface area contributed by atoms with Gasteiger partial charge in [-0.15, -0.1) is 0 Å². The van der Waals surface area contributed by atoms with Crippen LogP contribution >= 0.6 is 11.8 Å². The molecule has 150 valence electrons. The Morgan fingerprint density at radius 1 is 1.00 bits per heavy atom. The number of fused-ring (bicyclic) bond motifs is 1. The molecule has 0 spiro atoms. The first-order valence-corrected chi connectivity index (χ1v) is 12.4. The van der Waals surface area contributed by atoms with Gasteiger partial charge in [-0.05, 0) is 57.7 Å². The largest absolute Gasteiger partial charge is 0.356 e. The molecule has 4 rings (SSSR count). The molecule has 1 unspecified atom stereocenters. The van der Waals surface area contributed by atoms with Gasteiger partial charge in [-0.1, -0.05) is 12.8 Å². The molecule has 2 saturated heterocycles. The Morgan fingerprint density at radius 3 is 2.67 bits per heavy atom. The molecule has 1 aromatic heterocycles. The van der Waals surface area contributed by atoms with Crippen molar-refractivity contribution in [2.75, 3.05) is 54.9 Å². The summed E-state index contributed by atoms with van der Waals surface area (Å²) in [5.41, 5.74) is 2.74. The van der Waals surface area contributed by atoms with Crippen LogP contribution in [0.2, 0.25) is 0 Å². The second-order valence-corrected chi connectivity index (χ2v) is 9.24. The topological polar surface area (TPSA) is 44.3 Å². The Morgan fingerprint density at radius 2 is 1.85 bits per heavy atom. The van der Waals surface area contributed by atoms with Crippen molar-refractivity contribution in [1.82, 2.24) is 14.9 Å². The third-order valence-electron chi connectivity index (χ3n) is 6.39. The van der Waals surface area contributed by atoms with Crippen molar-refractivity contribution in [1.29, 1.82) is 0 Å². The highest BCUT2D eigenvalue weighted by Crippen LogP contribution is 2.31. The van der Waals surface area contributed by atoms with Crippen LogP contribution in [0.5, 0.6) is 0 Å². The van der Waals surface area contributed by atoms with Gasteiger partial charge in [0.05, 0.1) is 5.69 Å². The van der Waals surface area contributed by atoms with E-state index in [2.05, 4.69) is 21.4 Å². The van der Waals surface area contributed by atoms with Gasteiger partial charge in [0, 0.05) is 43.5 Å². The van der Waals surface area contributed by atoms with Crippen LogP contribution in [0.4, 0.5) is 11.8 Å². The van der Waals surface area contributed by atoms with E-state index in [1.165, 1.54) is 80.9 Å². The summed E-state index contributed by atoms with van der Waals surface area (Å²) in [6.07, 6.45) is 13.7. The summed E-state index contributed by atoms with van der Waals surface area (Å²) in [4.78, 5) is 15.1. The SMILES string of the molecule is CSCCN1CCCC1CNc1nc2c(c(N3CCCCCC3)n1)CCC2. The lowest BCUT2D eigenvalue weighted by Gasteiger charge is -2.26. The third kappa shape index (κ3) is 4.70. The van der Waals surface area contributed by atoms with Crippen molar-refractivity contribution >= 4 is 23.5 Å². The summed E-state index contributed by atoms with van der Waals surface area (Å²) >= 11 is 1.95. The quantitative estimate of drug-likeness (QED) is 0.769. The van der Waals surface area contributed by atoms with Crippen LogP contribution in [-0.4, -0.2) is 65.6 Å². The number of aromatic nitrogens is 2. The first-order valence-electron chi connectivity index (χ1n) is 11.0. The van der Waals surface area contributed by atoms with Gasteiger partial charge in [-0.25, -0.2) is 4.98 Å². The number of nitrogens with one attached hydrogen (secondary N) is 1. The molecule has 0 bridgehead atoms. The lowest BCUT2D eigenvalue weighted by molar-refractivity contribution is 0.279. The fourth-order valence-electron chi connectivity index (χ4n) is 4.87. The van der Waals surface area contributed by atoms with Crippen molar-refractivity contribution in [3.8, 4) is 0 Å². The number of rotatable bonds is 7. The van der Waals surface area contributed by atoms with Crippen LogP contribution in [-0.2, 0) is 12.8 Å². The van der Waals surface area contributed by atoms with Gasteiger partial charge in [0.2, 0.25) is 5.95 Å². The summed E-state index contributed by atoms with van der Waals surface area (Å²) in [5.74, 6) is 3.34. The molecule has 1 N–H and O–H groups in total. The first kappa shape index (κ1) is 19.3. The van der Waals surface area contributed by atoms with E-state index in [1.54, 1.807) is 0 Å². The van der Waals surface area contributed by atoms with Gasteiger partial charge >= 0.3 is 0 Å². The summed E-state index contributed by atoms with van der Waals surface area (Å²) < 4.78 is 0. The Hall–Kier alpha value is -1.01. The maximum absolute atomic E-state index is 5.04. The van der Waals surface area contributed by atoms with E-state index in [4.69, 9.17) is 9.97 Å². The Kier molecular flexibility index (Phi) is 6.77. The number of hydrogen-bond acceptors (Lipinski definition) is 6. The predicted molar refractivity (Wildman–Crippen MR) is 116 cm³/mol. The third-order valence-corrected chi connectivity index (χ3v) is 6.99.